The first-order chi connectivity index (χ1) is 6.86. The minimum Gasteiger partial charge on any atom is -0.497 e. The standard InChI is InChI=1S/C10H12F3NO/c1-6(14)8-4-3-7(15-2)5-9(8)10(11,12)13/h3-6H,14H2,1-2H3/t6-/m0/s1. The lowest BCUT2D eigenvalue weighted by Gasteiger charge is -2.16. The molecule has 1 rings (SSSR count). The van der Waals surface area contributed by atoms with Crippen molar-refractivity contribution in [2.75, 3.05) is 7.11 Å². The van der Waals surface area contributed by atoms with Crippen LogP contribution in [0.2, 0.25) is 0 Å². The summed E-state index contributed by atoms with van der Waals surface area (Å²) in [6, 6.07) is 3.10. The van der Waals surface area contributed by atoms with Crippen molar-refractivity contribution in [1.82, 2.24) is 0 Å². The molecule has 0 aliphatic carbocycles. The third-order valence-electron chi connectivity index (χ3n) is 2.06. The molecule has 1 aromatic carbocycles. The van der Waals surface area contributed by atoms with Crippen LogP contribution in [0.1, 0.15) is 24.1 Å². The minimum absolute atomic E-state index is 0.0725. The zero-order valence-corrected chi connectivity index (χ0v) is 8.43. The predicted molar refractivity (Wildman–Crippen MR) is 50.6 cm³/mol. The Morgan fingerprint density at radius 1 is 1.33 bits per heavy atom. The third-order valence-corrected chi connectivity index (χ3v) is 2.06. The summed E-state index contributed by atoms with van der Waals surface area (Å²) in [6.45, 7) is 1.51. The maximum atomic E-state index is 12.6. The molecule has 0 saturated heterocycles. The van der Waals surface area contributed by atoms with Crippen molar-refractivity contribution in [2.45, 2.75) is 19.1 Å². The summed E-state index contributed by atoms with van der Waals surface area (Å²) in [5, 5.41) is 0. The van der Waals surface area contributed by atoms with Crippen LogP contribution in [0, 0.1) is 0 Å². The smallest absolute Gasteiger partial charge is 0.416 e. The number of ether oxygens (including phenoxy) is 1. The maximum absolute atomic E-state index is 12.6. The fraction of sp³-hybridized carbons (Fsp3) is 0.400. The highest BCUT2D eigenvalue weighted by atomic mass is 19.4. The molecule has 0 fully saturated rings. The lowest BCUT2D eigenvalue weighted by Crippen LogP contribution is -2.15. The van der Waals surface area contributed by atoms with Gasteiger partial charge in [-0.1, -0.05) is 6.07 Å². The summed E-state index contributed by atoms with van der Waals surface area (Å²) < 4.78 is 42.6. The molecule has 5 heteroatoms. The molecule has 0 radical (unpaired) electrons. The largest absolute Gasteiger partial charge is 0.497 e. The fourth-order valence-corrected chi connectivity index (χ4v) is 1.30. The molecule has 2 N–H and O–H groups in total. The van der Waals surface area contributed by atoms with Gasteiger partial charge < -0.3 is 10.5 Å². The number of hydrogen-bond donors (Lipinski definition) is 1. The first-order valence-electron chi connectivity index (χ1n) is 4.37. The van der Waals surface area contributed by atoms with Gasteiger partial charge in [0.25, 0.3) is 0 Å². The third kappa shape index (κ3) is 2.62. The van der Waals surface area contributed by atoms with Crippen LogP contribution in [0.3, 0.4) is 0 Å². The van der Waals surface area contributed by atoms with Gasteiger partial charge in [0.2, 0.25) is 0 Å². The molecule has 1 aromatic rings. The van der Waals surface area contributed by atoms with Gasteiger partial charge in [-0.05, 0) is 24.6 Å². The van der Waals surface area contributed by atoms with E-state index in [-0.39, 0.29) is 11.3 Å². The van der Waals surface area contributed by atoms with E-state index in [1.54, 1.807) is 0 Å². The van der Waals surface area contributed by atoms with E-state index in [4.69, 9.17) is 10.5 Å². The molecule has 0 unspecified atom stereocenters. The Hall–Kier alpha value is -1.23. The lowest BCUT2D eigenvalue weighted by molar-refractivity contribution is -0.138. The van der Waals surface area contributed by atoms with E-state index >= 15 is 0 Å². The normalized spacial score (nSPS) is 13.7. The second-order valence-electron chi connectivity index (χ2n) is 3.24. The number of rotatable bonds is 2. The number of benzene rings is 1. The van der Waals surface area contributed by atoms with Gasteiger partial charge in [-0.2, -0.15) is 13.2 Å². The average Bonchev–Trinajstić information content (AvgIpc) is 2.15. The van der Waals surface area contributed by atoms with Crippen molar-refractivity contribution in [3.63, 3.8) is 0 Å². The van der Waals surface area contributed by atoms with E-state index in [0.29, 0.717) is 0 Å². The van der Waals surface area contributed by atoms with Gasteiger partial charge in [-0.3, -0.25) is 0 Å². The van der Waals surface area contributed by atoms with E-state index in [9.17, 15) is 13.2 Å². The van der Waals surface area contributed by atoms with Gasteiger partial charge >= 0.3 is 6.18 Å². The molecule has 15 heavy (non-hydrogen) atoms. The van der Waals surface area contributed by atoms with E-state index in [1.165, 1.54) is 26.2 Å². The number of halogens is 3. The molecule has 0 saturated carbocycles. The Morgan fingerprint density at radius 3 is 2.33 bits per heavy atom. The molecule has 0 heterocycles. The molecule has 0 amide bonds. The molecule has 0 aromatic heterocycles. The Kier molecular flexibility index (Phi) is 3.24. The number of methoxy groups -OCH3 is 1. The summed E-state index contributed by atoms with van der Waals surface area (Å²) >= 11 is 0. The van der Waals surface area contributed by atoms with Gasteiger partial charge in [0.15, 0.2) is 0 Å². The highest BCUT2D eigenvalue weighted by Crippen LogP contribution is 2.36. The fourth-order valence-electron chi connectivity index (χ4n) is 1.30. The summed E-state index contributed by atoms with van der Waals surface area (Å²) in [5.74, 6) is 0.173. The number of nitrogens with two attached hydrogens (primary N) is 1. The summed E-state index contributed by atoms with van der Waals surface area (Å²) in [4.78, 5) is 0. The van der Waals surface area contributed by atoms with Crippen LogP contribution in [0.15, 0.2) is 18.2 Å². The zero-order chi connectivity index (χ0) is 11.6. The van der Waals surface area contributed by atoms with Crippen molar-refractivity contribution < 1.29 is 17.9 Å². The molecule has 0 aliphatic heterocycles. The van der Waals surface area contributed by atoms with E-state index in [0.717, 1.165) is 6.07 Å². The van der Waals surface area contributed by atoms with Crippen molar-refractivity contribution in [2.24, 2.45) is 5.73 Å². The van der Waals surface area contributed by atoms with Crippen LogP contribution in [-0.4, -0.2) is 7.11 Å². The number of hydrogen-bond acceptors (Lipinski definition) is 2. The van der Waals surface area contributed by atoms with Crippen molar-refractivity contribution in [3.05, 3.63) is 29.3 Å². The molecular weight excluding hydrogens is 207 g/mol. The second kappa shape index (κ2) is 4.10. The summed E-state index contributed by atoms with van der Waals surface area (Å²) in [7, 11) is 1.32. The number of alkyl halides is 3. The summed E-state index contributed by atoms with van der Waals surface area (Å²) in [5.41, 5.74) is 4.80. The molecule has 0 bridgehead atoms. The molecule has 1 atom stereocenters. The second-order valence-corrected chi connectivity index (χ2v) is 3.24. The molecule has 0 aliphatic rings. The molecular formula is C10H12F3NO. The SMILES string of the molecule is COc1ccc([C@H](C)N)c(C(F)(F)F)c1. The minimum atomic E-state index is -4.41. The lowest BCUT2D eigenvalue weighted by atomic mass is 10.0. The average molecular weight is 219 g/mol. The molecule has 2 nitrogen and oxygen atoms in total. The topological polar surface area (TPSA) is 35.2 Å². The van der Waals surface area contributed by atoms with Crippen LogP contribution < -0.4 is 10.5 Å². The van der Waals surface area contributed by atoms with Crippen LogP contribution in [0.25, 0.3) is 0 Å². The van der Waals surface area contributed by atoms with Crippen molar-refractivity contribution in [3.8, 4) is 5.75 Å². The Balaban J connectivity index is 3.29. The van der Waals surface area contributed by atoms with Gasteiger partial charge in [-0.25, -0.2) is 0 Å². The Morgan fingerprint density at radius 2 is 1.93 bits per heavy atom. The van der Waals surface area contributed by atoms with Gasteiger partial charge in [0.1, 0.15) is 5.75 Å². The van der Waals surface area contributed by atoms with Gasteiger partial charge in [-0.15, -0.1) is 0 Å². The quantitative estimate of drug-likeness (QED) is 0.830. The van der Waals surface area contributed by atoms with Gasteiger partial charge in [0.05, 0.1) is 12.7 Å². The van der Waals surface area contributed by atoms with Crippen molar-refractivity contribution >= 4 is 0 Å². The summed E-state index contributed by atoms with van der Waals surface area (Å²) in [6.07, 6.45) is -4.41. The maximum Gasteiger partial charge on any atom is 0.416 e. The van der Waals surface area contributed by atoms with E-state index in [2.05, 4.69) is 0 Å². The van der Waals surface area contributed by atoms with Crippen LogP contribution >= 0.6 is 0 Å². The Bertz CT molecular complexity index is 347. The van der Waals surface area contributed by atoms with Crippen molar-refractivity contribution in [1.29, 1.82) is 0 Å². The van der Waals surface area contributed by atoms with Crippen LogP contribution in [-0.2, 0) is 6.18 Å². The predicted octanol–water partition coefficient (Wildman–Crippen LogP) is 2.73. The zero-order valence-electron chi connectivity index (χ0n) is 8.43. The first-order valence-corrected chi connectivity index (χ1v) is 4.37. The monoisotopic (exact) mass is 219 g/mol. The van der Waals surface area contributed by atoms with E-state index < -0.39 is 17.8 Å². The van der Waals surface area contributed by atoms with Crippen LogP contribution in [0.4, 0.5) is 13.2 Å². The highest BCUT2D eigenvalue weighted by Gasteiger charge is 2.34. The Labute approximate surface area is 85.8 Å². The van der Waals surface area contributed by atoms with Crippen LogP contribution in [0.5, 0.6) is 5.75 Å². The first kappa shape index (κ1) is 11.8. The molecule has 84 valence electrons. The van der Waals surface area contributed by atoms with E-state index in [1.807, 2.05) is 0 Å². The van der Waals surface area contributed by atoms with Gasteiger partial charge in [0, 0.05) is 6.04 Å². The highest BCUT2D eigenvalue weighted by molar-refractivity contribution is 5.38. The molecule has 0 spiro atoms.